The van der Waals surface area contributed by atoms with Crippen LogP contribution in [-0.2, 0) is 9.59 Å². The van der Waals surface area contributed by atoms with Gasteiger partial charge in [0.25, 0.3) is 5.91 Å². The molecule has 1 N–H and O–H groups in total. The Hall–Kier alpha value is -3.54. The number of rotatable bonds is 5. The number of para-hydroxylation sites is 2. The number of carbonyl (C=O) groups excluding carboxylic acids is 2. The third-order valence-electron chi connectivity index (χ3n) is 5.35. The maximum atomic E-state index is 12.6. The highest BCUT2D eigenvalue weighted by Crippen LogP contribution is 2.27. The highest BCUT2D eigenvalue weighted by atomic mass is 16.5. The molecule has 4 rings (SSSR count). The third kappa shape index (κ3) is 4.38. The topological polar surface area (TPSA) is 61.9 Å². The molecule has 0 radical (unpaired) electrons. The van der Waals surface area contributed by atoms with Crippen molar-refractivity contribution in [1.82, 2.24) is 4.90 Å². The molecule has 0 bridgehead atoms. The molecule has 1 aliphatic heterocycles. The van der Waals surface area contributed by atoms with Gasteiger partial charge in [-0.15, -0.1) is 0 Å². The van der Waals surface area contributed by atoms with E-state index in [1.54, 1.807) is 6.92 Å². The van der Waals surface area contributed by atoms with Gasteiger partial charge in [0.05, 0.1) is 11.4 Å². The highest BCUT2D eigenvalue weighted by Gasteiger charge is 2.21. The van der Waals surface area contributed by atoms with Crippen molar-refractivity contribution < 1.29 is 14.3 Å². The van der Waals surface area contributed by atoms with Crippen LogP contribution in [0, 0.1) is 0 Å². The summed E-state index contributed by atoms with van der Waals surface area (Å²) in [6.45, 7) is 4.36. The normalized spacial score (nSPS) is 13.9. The van der Waals surface area contributed by atoms with E-state index in [0.29, 0.717) is 18.8 Å². The van der Waals surface area contributed by atoms with E-state index < -0.39 is 0 Å². The minimum Gasteiger partial charge on any atom is -0.483 e. The summed E-state index contributed by atoms with van der Waals surface area (Å²) < 4.78 is 5.81. The number of amides is 2. The fraction of sp³-hybridized carbons (Fsp3) is 0.250. The van der Waals surface area contributed by atoms with Crippen molar-refractivity contribution in [3.63, 3.8) is 0 Å². The van der Waals surface area contributed by atoms with Crippen LogP contribution in [0.3, 0.4) is 0 Å². The van der Waals surface area contributed by atoms with E-state index >= 15 is 0 Å². The Morgan fingerprint density at radius 3 is 2.40 bits per heavy atom. The fourth-order valence-electron chi connectivity index (χ4n) is 3.77. The van der Waals surface area contributed by atoms with Gasteiger partial charge in [0.2, 0.25) is 5.91 Å². The summed E-state index contributed by atoms with van der Waals surface area (Å²) in [5.41, 5.74) is 1.71. The highest BCUT2D eigenvalue weighted by molar-refractivity contribution is 5.96. The second-order valence-corrected chi connectivity index (χ2v) is 7.32. The maximum absolute atomic E-state index is 12.6. The zero-order chi connectivity index (χ0) is 20.9. The van der Waals surface area contributed by atoms with Gasteiger partial charge in [-0.1, -0.05) is 48.5 Å². The largest absolute Gasteiger partial charge is 0.483 e. The summed E-state index contributed by atoms with van der Waals surface area (Å²) in [7, 11) is 0. The first-order valence-electron chi connectivity index (χ1n) is 10.1. The van der Waals surface area contributed by atoms with Crippen molar-refractivity contribution >= 4 is 34.0 Å². The Morgan fingerprint density at radius 2 is 1.60 bits per heavy atom. The molecule has 1 saturated heterocycles. The Balaban J connectivity index is 1.41. The maximum Gasteiger partial charge on any atom is 0.262 e. The van der Waals surface area contributed by atoms with E-state index in [1.807, 2.05) is 71.6 Å². The summed E-state index contributed by atoms with van der Waals surface area (Å²) in [5.74, 6) is 0.580. The molecule has 1 fully saturated rings. The van der Waals surface area contributed by atoms with Gasteiger partial charge in [0, 0.05) is 38.5 Å². The van der Waals surface area contributed by atoms with E-state index in [-0.39, 0.29) is 18.4 Å². The minimum atomic E-state index is -0.210. The Bertz CT molecular complexity index is 1050. The smallest absolute Gasteiger partial charge is 0.262 e. The Labute approximate surface area is 176 Å². The predicted octanol–water partition coefficient (Wildman–Crippen LogP) is 3.53. The van der Waals surface area contributed by atoms with E-state index in [9.17, 15) is 9.59 Å². The zero-order valence-electron chi connectivity index (χ0n) is 17.0. The molecule has 30 heavy (non-hydrogen) atoms. The third-order valence-corrected chi connectivity index (χ3v) is 5.35. The average molecular weight is 403 g/mol. The lowest BCUT2D eigenvalue weighted by atomic mass is 10.1. The van der Waals surface area contributed by atoms with Gasteiger partial charge in [-0.3, -0.25) is 9.59 Å². The molecule has 0 aromatic heterocycles. The van der Waals surface area contributed by atoms with Crippen molar-refractivity contribution in [3.8, 4) is 5.75 Å². The molecule has 1 heterocycles. The second-order valence-electron chi connectivity index (χ2n) is 7.32. The van der Waals surface area contributed by atoms with Gasteiger partial charge >= 0.3 is 0 Å². The van der Waals surface area contributed by atoms with Crippen LogP contribution in [0.2, 0.25) is 0 Å². The molecule has 1 aliphatic rings. The number of piperazine rings is 1. The van der Waals surface area contributed by atoms with Crippen LogP contribution < -0.4 is 15.0 Å². The molecule has 3 aromatic carbocycles. The molecule has 3 aromatic rings. The van der Waals surface area contributed by atoms with Gasteiger partial charge < -0.3 is 19.9 Å². The van der Waals surface area contributed by atoms with Gasteiger partial charge in [-0.2, -0.15) is 0 Å². The number of hydrogen-bond donors (Lipinski definition) is 1. The number of nitrogens with one attached hydrogen (secondary N) is 1. The molecule has 0 saturated carbocycles. The lowest BCUT2D eigenvalue weighted by molar-refractivity contribution is -0.129. The summed E-state index contributed by atoms with van der Waals surface area (Å²) in [6, 6.07) is 21.5. The Kier molecular flexibility index (Phi) is 5.84. The van der Waals surface area contributed by atoms with Crippen LogP contribution in [0.5, 0.6) is 5.75 Å². The van der Waals surface area contributed by atoms with Crippen molar-refractivity contribution in [2.45, 2.75) is 6.92 Å². The van der Waals surface area contributed by atoms with Crippen LogP contribution in [0.15, 0.2) is 66.7 Å². The van der Waals surface area contributed by atoms with E-state index in [2.05, 4.69) is 10.2 Å². The van der Waals surface area contributed by atoms with Crippen LogP contribution >= 0.6 is 0 Å². The number of hydrogen-bond acceptors (Lipinski definition) is 4. The van der Waals surface area contributed by atoms with Crippen LogP contribution in [-0.4, -0.2) is 49.5 Å². The second kappa shape index (κ2) is 8.86. The predicted molar refractivity (Wildman–Crippen MR) is 119 cm³/mol. The number of carbonyl (C=O) groups is 2. The van der Waals surface area contributed by atoms with Crippen molar-refractivity contribution in [2.24, 2.45) is 0 Å². The molecular weight excluding hydrogens is 378 g/mol. The van der Waals surface area contributed by atoms with E-state index in [0.717, 1.165) is 35.2 Å². The zero-order valence-corrected chi connectivity index (χ0v) is 17.0. The fourth-order valence-corrected chi connectivity index (χ4v) is 3.77. The molecule has 6 nitrogen and oxygen atoms in total. The van der Waals surface area contributed by atoms with Crippen molar-refractivity contribution in [3.05, 3.63) is 66.7 Å². The summed E-state index contributed by atoms with van der Waals surface area (Å²) in [5, 5.41) is 5.03. The summed E-state index contributed by atoms with van der Waals surface area (Å²) in [4.78, 5) is 28.2. The first-order chi connectivity index (χ1) is 14.6. The molecule has 2 amide bonds. The van der Waals surface area contributed by atoms with Gasteiger partial charge in [-0.05, 0) is 23.6 Å². The number of nitrogens with zero attached hydrogens (tertiary/aromatic N) is 2. The number of ether oxygens (including phenoxy) is 1. The van der Waals surface area contributed by atoms with Crippen LogP contribution in [0.25, 0.3) is 10.8 Å². The average Bonchev–Trinajstić information content (AvgIpc) is 2.78. The first kappa shape index (κ1) is 19.8. The van der Waals surface area contributed by atoms with Crippen molar-refractivity contribution in [2.75, 3.05) is 43.0 Å². The molecule has 0 spiro atoms. The number of anilines is 2. The van der Waals surface area contributed by atoms with Gasteiger partial charge in [0.15, 0.2) is 6.61 Å². The lowest BCUT2D eigenvalue weighted by Gasteiger charge is -2.36. The number of benzene rings is 3. The van der Waals surface area contributed by atoms with Crippen molar-refractivity contribution in [1.29, 1.82) is 0 Å². The van der Waals surface area contributed by atoms with Gasteiger partial charge in [-0.25, -0.2) is 0 Å². The van der Waals surface area contributed by atoms with Crippen LogP contribution in [0.1, 0.15) is 6.92 Å². The van der Waals surface area contributed by atoms with Crippen LogP contribution in [0.4, 0.5) is 11.4 Å². The minimum absolute atomic E-state index is 0.0690. The molecule has 0 aliphatic carbocycles. The number of fused-ring (bicyclic) bond motifs is 1. The SMILES string of the molecule is CC(=O)N1CCN(c2ccccc2NC(=O)COc2cccc3ccccc23)CC1. The van der Waals surface area contributed by atoms with E-state index in [1.165, 1.54) is 0 Å². The first-order valence-corrected chi connectivity index (χ1v) is 10.1. The lowest BCUT2D eigenvalue weighted by Crippen LogP contribution is -2.48. The Morgan fingerprint density at radius 1 is 0.900 bits per heavy atom. The molecule has 154 valence electrons. The van der Waals surface area contributed by atoms with E-state index in [4.69, 9.17) is 4.74 Å². The molecule has 0 unspecified atom stereocenters. The summed E-state index contributed by atoms with van der Waals surface area (Å²) in [6.07, 6.45) is 0. The monoisotopic (exact) mass is 403 g/mol. The quantitative estimate of drug-likeness (QED) is 0.708. The molecule has 0 atom stereocenters. The summed E-state index contributed by atoms with van der Waals surface area (Å²) >= 11 is 0. The molecule has 6 heteroatoms. The van der Waals surface area contributed by atoms with Gasteiger partial charge in [0.1, 0.15) is 5.75 Å². The molecular formula is C24H25N3O3. The standard InChI is InChI=1S/C24H25N3O3/c1-18(28)26-13-15-27(16-14-26)22-11-5-4-10-21(22)25-24(29)17-30-23-12-6-8-19-7-2-3-9-20(19)23/h2-12H,13-17H2,1H3,(H,25,29).